The fourth-order valence-electron chi connectivity index (χ4n) is 3.49. The van der Waals surface area contributed by atoms with E-state index >= 15 is 0 Å². The highest BCUT2D eigenvalue weighted by molar-refractivity contribution is 7.79. The van der Waals surface area contributed by atoms with Gasteiger partial charge in [-0.05, 0) is 48.9 Å². The zero-order chi connectivity index (χ0) is 25.3. The predicted octanol–water partition coefficient (Wildman–Crippen LogP) is 1.90. The summed E-state index contributed by atoms with van der Waals surface area (Å²) in [6.45, 7) is 1.25. The molecule has 0 aliphatic heterocycles. The molecular weight excluding hydrogens is 508 g/mol. The minimum absolute atomic E-state index is 0. The van der Waals surface area contributed by atoms with Gasteiger partial charge in [-0.3, -0.25) is 14.6 Å². The van der Waals surface area contributed by atoms with Crippen LogP contribution >= 0.6 is 37.7 Å². The summed E-state index contributed by atoms with van der Waals surface area (Å²) in [4.78, 5) is 27.8. The minimum Gasteiger partial charge on any atom is -0.492 e. The molecule has 0 aliphatic carbocycles. The molecule has 0 saturated heterocycles. The SMILES string of the molecule is Cl.NC(=O)C(CCCCN=C(N)N)CCCC[C@H](N)C(=O)NCCOc1ccc(CS)c(CS)c1. The van der Waals surface area contributed by atoms with Gasteiger partial charge in [0.2, 0.25) is 11.8 Å². The van der Waals surface area contributed by atoms with Crippen molar-refractivity contribution in [3.63, 3.8) is 0 Å². The van der Waals surface area contributed by atoms with Gasteiger partial charge in [0.05, 0.1) is 12.6 Å². The molecule has 9 nitrogen and oxygen atoms in total. The Hall–Kier alpha value is -1.82. The van der Waals surface area contributed by atoms with Crippen LogP contribution in [0.25, 0.3) is 0 Å². The lowest BCUT2D eigenvalue weighted by atomic mass is 9.94. The first-order valence-corrected chi connectivity index (χ1v) is 12.9. The molecule has 200 valence electrons. The first-order chi connectivity index (χ1) is 16.3. The van der Waals surface area contributed by atoms with Crippen molar-refractivity contribution >= 4 is 55.4 Å². The molecule has 0 saturated carbocycles. The van der Waals surface area contributed by atoms with Gasteiger partial charge in [0.1, 0.15) is 12.4 Å². The Morgan fingerprint density at radius 2 is 1.60 bits per heavy atom. The minimum atomic E-state index is -0.600. The Labute approximate surface area is 225 Å². The number of guanidine groups is 1. The lowest BCUT2D eigenvalue weighted by molar-refractivity contribution is -0.123. The molecule has 1 aromatic carbocycles. The molecule has 12 heteroatoms. The van der Waals surface area contributed by atoms with Gasteiger partial charge in [-0.1, -0.05) is 25.3 Å². The van der Waals surface area contributed by atoms with Gasteiger partial charge >= 0.3 is 0 Å². The van der Waals surface area contributed by atoms with E-state index in [4.69, 9.17) is 27.7 Å². The predicted molar refractivity (Wildman–Crippen MR) is 151 cm³/mol. The van der Waals surface area contributed by atoms with Crippen molar-refractivity contribution in [2.45, 2.75) is 62.5 Å². The van der Waals surface area contributed by atoms with Crippen LogP contribution in [-0.2, 0) is 21.1 Å². The molecular formula is C23H41ClN6O3S2. The zero-order valence-corrected chi connectivity index (χ0v) is 22.8. The number of nitrogens with two attached hydrogens (primary N) is 4. The first-order valence-electron chi connectivity index (χ1n) is 11.6. The van der Waals surface area contributed by atoms with Gasteiger partial charge in [0.25, 0.3) is 0 Å². The number of carbonyl (C=O) groups is 2. The van der Waals surface area contributed by atoms with E-state index in [0.29, 0.717) is 50.5 Å². The van der Waals surface area contributed by atoms with Crippen molar-refractivity contribution in [1.29, 1.82) is 0 Å². The number of nitrogens with one attached hydrogen (secondary N) is 1. The Morgan fingerprint density at radius 3 is 2.20 bits per heavy atom. The molecule has 35 heavy (non-hydrogen) atoms. The van der Waals surface area contributed by atoms with Crippen LogP contribution in [0.3, 0.4) is 0 Å². The van der Waals surface area contributed by atoms with Crippen LogP contribution in [0.5, 0.6) is 5.75 Å². The smallest absolute Gasteiger partial charge is 0.237 e. The summed E-state index contributed by atoms with van der Waals surface area (Å²) in [6, 6.07) is 5.19. The number of carbonyl (C=O) groups excluding carboxylic acids is 2. The van der Waals surface area contributed by atoms with Crippen LogP contribution in [0.15, 0.2) is 23.2 Å². The molecule has 1 aromatic rings. The summed E-state index contributed by atoms with van der Waals surface area (Å²) in [7, 11) is 0. The van der Waals surface area contributed by atoms with Crippen LogP contribution in [0.2, 0.25) is 0 Å². The molecule has 0 heterocycles. The number of primary amides is 1. The number of hydrogen-bond acceptors (Lipinski definition) is 7. The highest BCUT2D eigenvalue weighted by Crippen LogP contribution is 2.21. The van der Waals surface area contributed by atoms with Crippen molar-refractivity contribution in [2.24, 2.45) is 33.8 Å². The molecule has 2 amide bonds. The largest absolute Gasteiger partial charge is 0.492 e. The third-order valence-corrected chi connectivity index (χ3v) is 6.18. The summed E-state index contributed by atoms with van der Waals surface area (Å²) in [5.41, 5.74) is 24.3. The van der Waals surface area contributed by atoms with E-state index in [0.717, 1.165) is 42.6 Å². The molecule has 1 rings (SSSR count). The number of aliphatic imine (C=N–C) groups is 1. The quantitative estimate of drug-likeness (QED) is 0.0638. The van der Waals surface area contributed by atoms with Crippen LogP contribution in [-0.4, -0.2) is 43.5 Å². The fraction of sp³-hybridized carbons (Fsp3) is 0.609. The standard InChI is InChI=1S/C23H40N6O3S2.ClH/c24-20(7-2-1-5-16(21(25)30)6-3-4-10-29-23(26)27)22(31)28-11-12-32-19-9-8-17(14-33)18(13-19)15-34;/h8-9,13,16,20,33-34H,1-7,10-12,14-15,24H2,(H2,25,30)(H,28,31)(H4,26,27,29);1H/t16?,20-;/m0./s1. The summed E-state index contributed by atoms with van der Waals surface area (Å²) < 4.78 is 5.71. The van der Waals surface area contributed by atoms with Crippen molar-refractivity contribution in [3.05, 3.63) is 29.3 Å². The molecule has 0 spiro atoms. The molecule has 0 aromatic heterocycles. The van der Waals surface area contributed by atoms with E-state index < -0.39 is 6.04 Å². The third kappa shape index (κ3) is 14.4. The average Bonchev–Trinajstić information content (AvgIpc) is 2.81. The Balaban J connectivity index is 0.0000116. The highest BCUT2D eigenvalue weighted by Gasteiger charge is 2.16. The molecule has 2 atom stereocenters. The number of nitrogens with zero attached hydrogens (tertiary/aromatic N) is 1. The average molecular weight is 549 g/mol. The number of rotatable bonds is 18. The maximum absolute atomic E-state index is 12.2. The number of unbranched alkanes of at least 4 members (excludes halogenated alkanes) is 2. The lowest BCUT2D eigenvalue weighted by Gasteiger charge is -2.15. The van der Waals surface area contributed by atoms with Gasteiger partial charge < -0.3 is 33.0 Å². The van der Waals surface area contributed by atoms with E-state index in [9.17, 15) is 9.59 Å². The van der Waals surface area contributed by atoms with E-state index in [1.54, 1.807) is 0 Å². The summed E-state index contributed by atoms with van der Waals surface area (Å²) >= 11 is 8.63. The van der Waals surface area contributed by atoms with Crippen LogP contribution in [0.1, 0.15) is 56.1 Å². The number of halogens is 1. The van der Waals surface area contributed by atoms with E-state index in [1.165, 1.54) is 0 Å². The monoisotopic (exact) mass is 548 g/mol. The van der Waals surface area contributed by atoms with Gasteiger partial charge in [-0.15, -0.1) is 12.4 Å². The number of ether oxygens (including phenoxy) is 1. The number of benzene rings is 1. The number of hydrogen-bond donors (Lipinski definition) is 7. The van der Waals surface area contributed by atoms with Crippen LogP contribution in [0.4, 0.5) is 0 Å². The second-order valence-electron chi connectivity index (χ2n) is 8.18. The maximum atomic E-state index is 12.2. The maximum Gasteiger partial charge on any atom is 0.237 e. The van der Waals surface area contributed by atoms with E-state index in [-0.39, 0.29) is 36.1 Å². The summed E-state index contributed by atoms with van der Waals surface area (Å²) in [6.07, 6.45) is 5.07. The Morgan fingerprint density at radius 1 is 0.971 bits per heavy atom. The summed E-state index contributed by atoms with van der Waals surface area (Å²) in [5, 5.41) is 2.80. The lowest BCUT2D eigenvalue weighted by Crippen LogP contribution is -2.42. The normalized spacial score (nSPS) is 12.2. The molecule has 0 bridgehead atoms. The van der Waals surface area contributed by atoms with Gasteiger partial charge in [-0.2, -0.15) is 25.3 Å². The second kappa shape index (κ2) is 19.4. The van der Waals surface area contributed by atoms with Crippen molar-refractivity contribution in [2.75, 3.05) is 19.7 Å². The van der Waals surface area contributed by atoms with E-state index in [2.05, 4.69) is 35.6 Å². The zero-order valence-electron chi connectivity index (χ0n) is 20.2. The molecule has 0 fully saturated rings. The topological polar surface area (TPSA) is 172 Å². The van der Waals surface area contributed by atoms with E-state index in [1.807, 2.05) is 18.2 Å². The molecule has 9 N–H and O–H groups in total. The van der Waals surface area contributed by atoms with Crippen molar-refractivity contribution in [3.8, 4) is 5.75 Å². The van der Waals surface area contributed by atoms with Crippen molar-refractivity contribution in [1.82, 2.24) is 5.32 Å². The van der Waals surface area contributed by atoms with Crippen LogP contribution in [0, 0.1) is 5.92 Å². The summed E-state index contributed by atoms with van der Waals surface area (Å²) in [5.74, 6) is 1.36. The Bertz CT molecular complexity index is 797. The molecule has 0 radical (unpaired) electrons. The fourth-order valence-corrected chi connectivity index (χ4v) is 4.10. The third-order valence-electron chi connectivity index (χ3n) is 5.50. The van der Waals surface area contributed by atoms with Gasteiger partial charge in [-0.25, -0.2) is 0 Å². The number of thiol groups is 2. The Kier molecular flexibility index (Phi) is 18.4. The first kappa shape index (κ1) is 33.2. The second-order valence-corrected chi connectivity index (χ2v) is 8.81. The van der Waals surface area contributed by atoms with Crippen molar-refractivity contribution < 1.29 is 14.3 Å². The molecule has 1 unspecified atom stereocenters. The van der Waals surface area contributed by atoms with Crippen LogP contribution < -0.4 is 33.0 Å². The van der Waals surface area contributed by atoms with Gasteiger partial charge in [0, 0.05) is 24.0 Å². The molecule has 0 aliphatic rings. The number of amides is 2. The van der Waals surface area contributed by atoms with Gasteiger partial charge in [0.15, 0.2) is 5.96 Å². The highest BCUT2D eigenvalue weighted by atomic mass is 35.5.